The zero-order valence-electron chi connectivity index (χ0n) is 13.9. The third-order valence-electron chi connectivity index (χ3n) is 3.52. The molecule has 0 unspecified atom stereocenters. The molecule has 0 spiro atoms. The Morgan fingerprint density at radius 1 is 1.27 bits per heavy atom. The van der Waals surface area contributed by atoms with E-state index in [0.717, 1.165) is 15.6 Å². The van der Waals surface area contributed by atoms with E-state index in [1.165, 1.54) is 0 Å². The van der Waals surface area contributed by atoms with Crippen LogP contribution in [0.15, 0.2) is 58.6 Å². The van der Waals surface area contributed by atoms with Crippen LogP contribution in [0.4, 0.5) is 0 Å². The number of halogens is 1. The average molecular weight is 417 g/mol. The molecule has 7 heteroatoms. The topological polar surface area (TPSA) is 69.2 Å². The van der Waals surface area contributed by atoms with Gasteiger partial charge in [-0.05, 0) is 35.9 Å². The van der Waals surface area contributed by atoms with E-state index in [0.29, 0.717) is 23.9 Å². The van der Waals surface area contributed by atoms with Crippen LogP contribution >= 0.6 is 15.9 Å². The summed E-state index contributed by atoms with van der Waals surface area (Å²) in [5, 5.41) is 4.01. The van der Waals surface area contributed by atoms with Crippen molar-refractivity contribution in [3.8, 4) is 17.2 Å². The van der Waals surface area contributed by atoms with Gasteiger partial charge < -0.3 is 14.2 Å². The molecule has 0 fully saturated rings. The molecule has 1 aliphatic rings. The van der Waals surface area contributed by atoms with Gasteiger partial charge in [-0.15, -0.1) is 0 Å². The van der Waals surface area contributed by atoms with E-state index >= 15 is 0 Å². The molecule has 1 N–H and O–H groups in total. The minimum absolute atomic E-state index is 0.187. The van der Waals surface area contributed by atoms with Crippen molar-refractivity contribution in [1.29, 1.82) is 0 Å². The number of hydrogen-bond donors (Lipinski definition) is 1. The fourth-order valence-corrected chi connectivity index (χ4v) is 2.73. The van der Waals surface area contributed by atoms with Gasteiger partial charge in [0.25, 0.3) is 0 Å². The van der Waals surface area contributed by atoms with E-state index in [1.807, 2.05) is 24.3 Å². The molecule has 3 rings (SSSR count). The van der Waals surface area contributed by atoms with E-state index < -0.39 is 0 Å². The lowest BCUT2D eigenvalue weighted by Crippen LogP contribution is -2.19. The third kappa shape index (κ3) is 4.64. The van der Waals surface area contributed by atoms with Crippen LogP contribution in [-0.2, 0) is 11.2 Å². The maximum absolute atomic E-state index is 12.1. The Morgan fingerprint density at radius 2 is 2.12 bits per heavy atom. The standard InChI is InChI=1S/C19H17BrN2O4/c1-2-7-24-16-6-4-15(20)10-14(16)11-21-22-19(23)9-13-3-5-17-18(8-13)26-12-25-17/h2-6,8,10-11H,1,7,9,12H2,(H,22,23)/b21-11-. The SMILES string of the molecule is C=CCOc1ccc(Br)cc1/C=N\NC(=O)Cc1ccc2c(c1)OCO2. The number of amides is 1. The van der Waals surface area contributed by atoms with Crippen LogP contribution in [-0.4, -0.2) is 25.5 Å². The molecule has 26 heavy (non-hydrogen) atoms. The Morgan fingerprint density at radius 3 is 2.96 bits per heavy atom. The fraction of sp³-hybridized carbons (Fsp3) is 0.158. The first-order chi connectivity index (χ1) is 12.7. The number of rotatable bonds is 7. The molecule has 1 amide bonds. The van der Waals surface area contributed by atoms with Gasteiger partial charge in [0.05, 0.1) is 12.6 Å². The summed E-state index contributed by atoms with van der Waals surface area (Å²) in [6.07, 6.45) is 3.39. The highest BCUT2D eigenvalue weighted by Gasteiger charge is 2.14. The molecule has 0 aromatic heterocycles. The molecule has 0 saturated heterocycles. The number of nitrogens with zero attached hydrogens (tertiary/aromatic N) is 1. The monoisotopic (exact) mass is 416 g/mol. The van der Waals surface area contributed by atoms with E-state index in [-0.39, 0.29) is 19.1 Å². The van der Waals surface area contributed by atoms with Gasteiger partial charge in [-0.25, -0.2) is 5.43 Å². The van der Waals surface area contributed by atoms with E-state index in [2.05, 4.69) is 33.0 Å². The predicted octanol–water partition coefficient (Wildman–Crippen LogP) is 3.44. The van der Waals surface area contributed by atoms with Gasteiger partial charge >= 0.3 is 0 Å². The summed E-state index contributed by atoms with van der Waals surface area (Å²) >= 11 is 3.41. The van der Waals surface area contributed by atoms with Crippen molar-refractivity contribution in [2.24, 2.45) is 5.10 Å². The number of hydrazone groups is 1. The maximum Gasteiger partial charge on any atom is 0.244 e. The highest BCUT2D eigenvalue weighted by molar-refractivity contribution is 9.10. The molecule has 1 aliphatic heterocycles. The van der Waals surface area contributed by atoms with Crippen LogP contribution in [0.3, 0.4) is 0 Å². The van der Waals surface area contributed by atoms with Crippen molar-refractivity contribution in [3.05, 3.63) is 64.7 Å². The lowest BCUT2D eigenvalue weighted by molar-refractivity contribution is -0.120. The molecular weight excluding hydrogens is 400 g/mol. The van der Waals surface area contributed by atoms with Crippen LogP contribution in [0.5, 0.6) is 17.2 Å². The predicted molar refractivity (Wildman–Crippen MR) is 102 cm³/mol. The minimum atomic E-state index is -0.233. The summed E-state index contributed by atoms with van der Waals surface area (Å²) in [7, 11) is 0. The van der Waals surface area contributed by atoms with Crippen molar-refractivity contribution in [1.82, 2.24) is 5.43 Å². The van der Waals surface area contributed by atoms with Gasteiger partial charge in [0.15, 0.2) is 11.5 Å². The molecule has 0 bridgehead atoms. The lowest BCUT2D eigenvalue weighted by atomic mass is 10.1. The summed E-state index contributed by atoms with van der Waals surface area (Å²) in [6.45, 7) is 4.22. The third-order valence-corrected chi connectivity index (χ3v) is 4.02. The molecule has 0 saturated carbocycles. The summed E-state index contributed by atoms with van der Waals surface area (Å²) in [6, 6.07) is 11.0. The van der Waals surface area contributed by atoms with Gasteiger partial charge in [0.1, 0.15) is 12.4 Å². The minimum Gasteiger partial charge on any atom is -0.489 e. The zero-order valence-corrected chi connectivity index (χ0v) is 15.5. The number of fused-ring (bicyclic) bond motifs is 1. The Kier molecular flexibility index (Phi) is 5.91. The van der Waals surface area contributed by atoms with E-state index in [4.69, 9.17) is 14.2 Å². The Labute approximate surface area is 159 Å². The quantitative estimate of drug-likeness (QED) is 0.426. The number of carbonyl (C=O) groups is 1. The molecule has 0 radical (unpaired) electrons. The van der Waals surface area contributed by atoms with Crippen molar-refractivity contribution < 1.29 is 19.0 Å². The smallest absolute Gasteiger partial charge is 0.244 e. The summed E-state index contributed by atoms with van der Waals surface area (Å²) in [4.78, 5) is 12.1. The van der Waals surface area contributed by atoms with Crippen LogP contribution in [0.1, 0.15) is 11.1 Å². The number of carbonyl (C=O) groups excluding carboxylic acids is 1. The Hall–Kier alpha value is -2.80. The van der Waals surface area contributed by atoms with Crippen LogP contribution < -0.4 is 19.6 Å². The van der Waals surface area contributed by atoms with Crippen LogP contribution in [0, 0.1) is 0 Å². The van der Waals surface area contributed by atoms with Gasteiger partial charge in [0.2, 0.25) is 12.7 Å². The molecule has 0 atom stereocenters. The highest BCUT2D eigenvalue weighted by Crippen LogP contribution is 2.32. The van der Waals surface area contributed by atoms with E-state index in [1.54, 1.807) is 24.4 Å². The molecule has 6 nitrogen and oxygen atoms in total. The highest BCUT2D eigenvalue weighted by atomic mass is 79.9. The summed E-state index contributed by atoms with van der Waals surface area (Å²) in [5.74, 6) is 1.76. The van der Waals surface area contributed by atoms with Gasteiger partial charge in [-0.2, -0.15) is 5.10 Å². The number of hydrogen-bond acceptors (Lipinski definition) is 5. The second kappa shape index (κ2) is 8.53. The molecular formula is C19H17BrN2O4. The van der Waals surface area contributed by atoms with Crippen molar-refractivity contribution in [2.45, 2.75) is 6.42 Å². The molecule has 2 aromatic carbocycles. The largest absolute Gasteiger partial charge is 0.489 e. The first-order valence-corrected chi connectivity index (χ1v) is 8.68. The first kappa shape index (κ1) is 18.0. The van der Waals surface area contributed by atoms with Crippen LogP contribution in [0.25, 0.3) is 0 Å². The second-order valence-electron chi connectivity index (χ2n) is 5.44. The number of ether oxygens (including phenoxy) is 3. The normalized spacial score (nSPS) is 12.2. The first-order valence-electron chi connectivity index (χ1n) is 7.89. The van der Waals surface area contributed by atoms with Gasteiger partial charge in [-0.1, -0.05) is 34.7 Å². The molecule has 1 heterocycles. The maximum atomic E-state index is 12.1. The number of benzene rings is 2. The summed E-state index contributed by atoms with van der Waals surface area (Å²) < 4.78 is 17.0. The molecule has 134 valence electrons. The lowest BCUT2D eigenvalue weighted by Gasteiger charge is -2.07. The fourth-order valence-electron chi connectivity index (χ4n) is 2.35. The second-order valence-corrected chi connectivity index (χ2v) is 6.36. The van der Waals surface area contributed by atoms with Crippen molar-refractivity contribution >= 4 is 28.1 Å². The van der Waals surface area contributed by atoms with Gasteiger partial charge in [-0.3, -0.25) is 4.79 Å². The Balaban J connectivity index is 1.60. The van der Waals surface area contributed by atoms with Crippen molar-refractivity contribution in [3.63, 3.8) is 0 Å². The molecule has 2 aromatic rings. The summed E-state index contributed by atoms with van der Waals surface area (Å²) in [5.41, 5.74) is 4.08. The van der Waals surface area contributed by atoms with Crippen molar-refractivity contribution in [2.75, 3.05) is 13.4 Å². The van der Waals surface area contributed by atoms with Gasteiger partial charge in [0, 0.05) is 10.0 Å². The van der Waals surface area contributed by atoms with Crippen LogP contribution in [0.2, 0.25) is 0 Å². The Bertz CT molecular complexity index is 851. The number of nitrogens with one attached hydrogen (secondary N) is 1. The van der Waals surface area contributed by atoms with E-state index in [9.17, 15) is 4.79 Å². The molecule has 0 aliphatic carbocycles. The average Bonchev–Trinajstić information content (AvgIpc) is 3.09. The zero-order chi connectivity index (χ0) is 18.4.